The Labute approximate surface area is 136 Å². The first-order valence-electron chi connectivity index (χ1n) is 6.76. The molecule has 0 aliphatic carbocycles. The summed E-state index contributed by atoms with van der Waals surface area (Å²) in [5, 5.41) is 8.46. The first-order valence-corrected chi connectivity index (χ1v) is 8.01. The highest BCUT2D eigenvalue weighted by Gasteiger charge is 2.28. The molecule has 1 aliphatic heterocycles. The minimum absolute atomic E-state index is 0.0793. The largest absolute Gasteiger partial charge is 0.380 e. The second kappa shape index (κ2) is 6.37. The van der Waals surface area contributed by atoms with Crippen LogP contribution < -0.4 is 10.6 Å². The fourth-order valence-corrected chi connectivity index (χ4v) is 3.23. The van der Waals surface area contributed by atoms with Gasteiger partial charge in [-0.15, -0.1) is 11.3 Å². The molecule has 1 aliphatic rings. The number of carbonyl (C=O) groups excluding carboxylic acids is 2. The Hall–Kier alpha value is -2.05. The average Bonchev–Trinajstić information content (AvgIpc) is 3.06. The Kier molecular flexibility index (Phi) is 4.31. The van der Waals surface area contributed by atoms with E-state index in [9.17, 15) is 9.59 Å². The number of nitrogens with zero attached hydrogens (tertiary/aromatic N) is 1. The van der Waals surface area contributed by atoms with E-state index in [2.05, 4.69) is 10.6 Å². The zero-order valence-electron chi connectivity index (χ0n) is 11.6. The minimum atomic E-state index is -0.336. The van der Waals surface area contributed by atoms with Crippen molar-refractivity contribution >= 4 is 40.6 Å². The van der Waals surface area contributed by atoms with Crippen LogP contribution in [0.15, 0.2) is 35.7 Å². The van der Waals surface area contributed by atoms with Crippen molar-refractivity contribution in [2.45, 2.75) is 13.1 Å². The van der Waals surface area contributed by atoms with E-state index in [4.69, 9.17) is 11.6 Å². The van der Waals surface area contributed by atoms with Crippen molar-refractivity contribution in [2.75, 3.05) is 11.9 Å². The molecule has 0 atom stereocenters. The maximum Gasteiger partial charge on any atom is 0.324 e. The third kappa shape index (κ3) is 3.40. The number of carbonyl (C=O) groups is 2. The summed E-state index contributed by atoms with van der Waals surface area (Å²) in [4.78, 5) is 25.5. The van der Waals surface area contributed by atoms with Crippen molar-refractivity contribution in [1.82, 2.24) is 10.2 Å². The van der Waals surface area contributed by atoms with Crippen LogP contribution in [0.4, 0.5) is 10.5 Å². The topological polar surface area (TPSA) is 61.4 Å². The molecule has 2 aromatic rings. The fourth-order valence-electron chi connectivity index (χ4n) is 2.21. The van der Waals surface area contributed by atoms with Gasteiger partial charge in [0.25, 0.3) is 0 Å². The Morgan fingerprint density at radius 3 is 2.86 bits per heavy atom. The molecule has 3 amide bonds. The lowest BCUT2D eigenvalue weighted by molar-refractivity contribution is -0.125. The van der Waals surface area contributed by atoms with Gasteiger partial charge in [-0.25, -0.2) is 4.79 Å². The Morgan fingerprint density at radius 2 is 2.18 bits per heavy atom. The van der Waals surface area contributed by atoms with E-state index >= 15 is 0 Å². The molecule has 1 aromatic heterocycles. The molecular formula is C15H14ClN3O2S. The predicted octanol–water partition coefficient (Wildman–Crippen LogP) is 3.07. The summed E-state index contributed by atoms with van der Waals surface area (Å²) in [6, 6.07) is 9.27. The summed E-state index contributed by atoms with van der Waals surface area (Å²) in [5.74, 6) is -0.198. The van der Waals surface area contributed by atoms with Crippen LogP contribution in [-0.4, -0.2) is 23.4 Å². The van der Waals surface area contributed by atoms with E-state index in [1.807, 2.05) is 35.7 Å². The van der Waals surface area contributed by atoms with Crippen LogP contribution in [0.2, 0.25) is 5.02 Å². The summed E-state index contributed by atoms with van der Waals surface area (Å²) >= 11 is 7.50. The number of thiophene rings is 1. The smallest absolute Gasteiger partial charge is 0.324 e. The van der Waals surface area contributed by atoms with Gasteiger partial charge in [0.1, 0.15) is 0 Å². The molecule has 1 saturated heterocycles. The standard InChI is InChI=1S/C15H14ClN3O2S/c16-11-5-13(22-9-11)6-17-12-3-1-2-10(4-12)8-19-14(20)7-18-15(19)21/h1-5,9,17H,6-8H2,(H,18,21). The van der Waals surface area contributed by atoms with Gasteiger partial charge >= 0.3 is 6.03 Å². The van der Waals surface area contributed by atoms with Crippen LogP contribution in [-0.2, 0) is 17.9 Å². The van der Waals surface area contributed by atoms with E-state index < -0.39 is 0 Å². The van der Waals surface area contributed by atoms with E-state index in [1.54, 1.807) is 11.3 Å². The van der Waals surface area contributed by atoms with Crippen molar-refractivity contribution in [3.8, 4) is 0 Å². The van der Waals surface area contributed by atoms with E-state index in [0.29, 0.717) is 6.54 Å². The molecule has 1 fully saturated rings. The molecule has 114 valence electrons. The summed E-state index contributed by atoms with van der Waals surface area (Å²) in [6.07, 6.45) is 0. The molecular weight excluding hydrogens is 322 g/mol. The number of anilines is 1. The molecule has 5 nitrogen and oxygen atoms in total. The zero-order chi connectivity index (χ0) is 15.5. The molecule has 22 heavy (non-hydrogen) atoms. The van der Waals surface area contributed by atoms with Gasteiger partial charge in [-0.05, 0) is 23.8 Å². The summed E-state index contributed by atoms with van der Waals surface area (Å²) in [7, 11) is 0. The maximum absolute atomic E-state index is 11.6. The quantitative estimate of drug-likeness (QED) is 0.825. The average molecular weight is 336 g/mol. The van der Waals surface area contributed by atoms with Gasteiger partial charge in [-0.2, -0.15) is 0 Å². The van der Waals surface area contributed by atoms with Crippen molar-refractivity contribution in [1.29, 1.82) is 0 Å². The van der Waals surface area contributed by atoms with Gasteiger partial charge in [0.2, 0.25) is 5.91 Å². The molecule has 1 aromatic carbocycles. The molecule has 2 heterocycles. The summed E-state index contributed by atoms with van der Waals surface area (Å²) in [6.45, 7) is 1.05. The van der Waals surface area contributed by atoms with Gasteiger partial charge in [0, 0.05) is 22.5 Å². The molecule has 7 heteroatoms. The van der Waals surface area contributed by atoms with Gasteiger partial charge in [-0.3, -0.25) is 9.69 Å². The second-order valence-corrected chi connectivity index (χ2v) is 6.36. The van der Waals surface area contributed by atoms with Gasteiger partial charge in [0.15, 0.2) is 0 Å². The van der Waals surface area contributed by atoms with Crippen molar-refractivity contribution in [3.63, 3.8) is 0 Å². The third-order valence-electron chi connectivity index (χ3n) is 3.29. The molecule has 0 unspecified atom stereocenters. The number of urea groups is 1. The highest BCUT2D eigenvalue weighted by Crippen LogP contribution is 2.21. The minimum Gasteiger partial charge on any atom is -0.380 e. The summed E-state index contributed by atoms with van der Waals surface area (Å²) < 4.78 is 0. The molecule has 0 spiro atoms. The first-order chi connectivity index (χ1) is 10.6. The highest BCUT2D eigenvalue weighted by atomic mass is 35.5. The zero-order valence-corrected chi connectivity index (χ0v) is 13.2. The van der Waals surface area contributed by atoms with Crippen LogP contribution >= 0.6 is 22.9 Å². The SMILES string of the molecule is O=C1CNC(=O)N1Cc1cccc(NCc2cc(Cl)cs2)c1. The van der Waals surface area contributed by atoms with Crippen molar-refractivity contribution in [2.24, 2.45) is 0 Å². The Morgan fingerprint density at radius 1 is 1.32 bits per heavy atom. The fraction of sp³-hybridized carbons (Fsp3) is 0.200. The number of imide groups is 1. The van der Waals surface area contributed by atoms with Gasteiger partial charge in [-0.1, -0.05) is 23.7 Å². The molecule has 0 saturated carbocycles. The maximum atomic E-state index is 11.6. The second-order valence-electron chi connectivity index (χ2n) is 4.92. The van der Waals surface area contributed by atoms with E-state index in [0.717, 1.165) is 21.2 Å². The summed E-state index contributed by atoms with van der Waals surface area (Å²) in [5.41, 5.74) is 1.84. The lowest BCUT2D eigenvalue weighted by Crippen LogP contribution is -2.30. The molecule has 0 radical (unpaired) electrons. The van der Waals surface area contributed by atoms with Crippen LogP contribution in [0, 0.1) is 0 Å². The normalized spacial score (nSPS) is 14.3. The van der Waals surface area contributed by atoms with Crippen molar-refractivity contribution in [3.05, 3.63) is 51.2 Å². The number of amides is 3. The highest BCUT2D eigenvalue weighted by molar-refractivity contribution is 7.10. The Balaban J connectivity index is 1.64. The molecule has 3 rings (SSSR count). The molecule has 0 bridgehead atoms. The third-order valence-corrected chi connectivity index (χ3v) is 4.58. The number of nitrogens with one attached hydrogen (secondary N) is 2. The van der Waals surface area contributed by atoms with Crippen LogP contribution in [0.5, 0.6) is 0 Å². The number of halogens is 1. The van der Waals surface area contributed by atoms with Gasteiger partial charge in [0.05, 0.1) is 18.1 Å². The number of benzene rings is 1. The first kappa shape index (κ1) is 14.9. The van der Waals surface area contributed by atoms with Crippen molar-refractivity contribution < 1.29 is 9.59 Å². The lowest BCUT2D eigenvalue weighted by atomic mass is 10.2. The van der Waals surface area contributed by atoms with Crippen LogP contribution in [0.1, 0.15) is 10.4 Å². The van der Waals surface area contributed by atoms with Gasteiger partial charge < -0.3 is 10.6 Å². The number of hydrogen-bond acceptors (Lipinski definition) is 4. The van der Waals surface area contributed by atoms with Crippen LogP contribution in [0.25, 0.3) is 0 Å². The molecule has 2 N–H and O–H groups in total. The lowest BCUT2D eigenvalue weighted by Gasteiger charge is -2.13. The number of hydrogen-bond donors (Lipinski definition) is 2. The Bertz CT molecular complexity index is 700. The predicted molar refractivity (Wildman–Crippen MR) is 87.0 cm³/mol. The monoisotopic (exact) mass is 335 g/mol. The number of rotatable bonds is 5. The van der Waals surface area contributed by atoms with E-state index in [1.165, 1.54) is 4.90 Å². The van der Waals surface area contributed by atoms with Crippen LogP contribution in [0.3, 0.4) is 0 Å². The van der Waals surface area contributed by atoms with E-state index in [-0.39, 0.29) is 25.0 Å².